The third-order valence-electron chi connectivity index (χ3n) is 2.39. The smallest absolute Gasteiger partial charge is 0.119 e. The van der Waals surface area contributed by atoms with Gasteiger partial charge < -0.3 is 10.1 Å². The lowest BCUT2D eigenvalue weighted by atomic mass is 10.1. The first-order valence-corrected chi connectivity index (χ1v) is 5.91. The zero-order valence-corrected chi connectivity index (χ0v) is 9.14. The Hall–Kier alpha value is -0.670. The average molecular weight is 209 g/mol. The topological polar surface area (TPSA) is 21.3 Å². The molecular weight excluding hydrogens is 194 g/mol. The van der Waals surface area contributed by atoms with Gasteiger partial charge in [-0.1, -0.05) is 12.1 Å². The van der Waals surface area contributed by atoms with Gasteiger partial charge in [0, 0.05) is 24.1 Å². The number of hydrogen-bond acceptors (Lipinski definition) is 3. The van der Waals surface area contributed by atoms with Gasteiger partial charge in [-0.25, -0.2) is 0 Å². The zero-order valence-electron chi connectivity index (χ0n) is 8.32. The second-order valence-electron chi connectivity index (χ2n) is 3.34. The van der Waals surface area contributed by atoms with Crippen LogP contribution in [0.2, 0.25) is 0 Å². The minimum atomic E-state index is 0.582. The van der Waals surface area contributed by atoms with E-state index in [4.69, 9.17) is 4.74 Å². The molecule has 1 aromatic rings. The molecule has 0 amide bonds. The summed E-state index contributed by atoms with van der Waals surface area (Å²) in [6, 6.07) is 8.35. The fourth-order valence-electron chi connectivity index (χ4n) is 1.62. The van der Waals surface area contributed by atoms with Gasteiger partial charge in [0.1, 0.15) is 5.75 Å². The first-order valence-electron chi connectivity index (χ1n) is 4.86. The van der Waals surface area contributed by atoms with Gasteiger partial charge in [0.05, 0.1) is 7.11 Å². The Morgan fingerprint density at radius 3 is 3.14 bits per heavy atom. The van der Waals surface area contributed by atoms with Crippen LogP contribution in [-0.4, -0.2) is 26.0 Å². The summed E-state index contributed by atoms with van der Waals surface area (Å²) in [5.74, 6) is 2.15. The van der Waals surface area contributed by atoms with Gasteiger partial charge in [0.25, 0.3) is 0 Å². The zero-order chi connectivity index (χ0) is 9.80. The van der Waals surface area contributed by atoms with Crippen molar-refractivity contribution < 1.29 is 4.74 Å². The molecule has 0 spiro atoms. The van der Waals surface area contributed by atoms with Crippen LogP contribution < -0.4 is 10.1 Å². The molecule has 0 aromatic heterocycles. The number of ether oxygens (including phenoxy) is 1. The highest BCUT2D eigenvalue weighted by Crippen LogP contribution is 2.31. The maximum atomic E-state index is 5.22. The van der Waals surface area contributed by atoms with Gasteiger partial charge in [-0.3, -0.25) is 0 Å². The summed E-state index contributed by atoms with van der Waals surface area (Å²) in [5.41, 5.74) is 1.36. The molecule has 0 aliphatic carbocycles. The van der Waals surface area contributed by atoms with Gasteiger partial charge in [-0.2, -0.15) is 11.8 Å². The van der Waals surface area contributed by atoms with Crippen molar-refractivity contribution in [2.75, 3.05) is 26.0 Å². The molecule has 0 unspecified atom stereocenters. The van der Waals surface area contributed by atoms with E-state index in [1.807, 2.05) is 17.8 Å². The highest BCUT2D eigenvalue weighted by atomic mass is 32.2. The molecule has 1 aliphatic rings. The standard InChI is InChI=1S/C11H15NOS/c1-13-10-4-2-3-9(7-10)11-8-12-5-6-14-11/h2-4,7,11-12H,5-6,8H2,1H3/t11-/m0/s1. The van der Waals surface area contributed by atoms with Crippen LogP contribution in [-0.2, 0) is 0 Å². The van der Waals surface area contributed by atoms with Gasteiger partial charge in [-0.05, 0) is 17.7 Å². The SMILES string of the molecule is COc1cccc([C@@H]2CNCCS2)c1. The number of benzene rings is 1. The number of thioether (sulfide) groups is 1. The maximum absolute atomic E-state index is 5.22. The lowest BCUT2D eigenvalue weighted by molar-refractivity contribution is 0.414. The summed E-state index contributed by atoms with van der Waals surface area (Å²) < 4.78 is 5.22. The highest BCUT2D eigenvalue weighted by Gasteiger charge is 2.15. The molecule has 0 bridgehead atoms. The van der Waals surface area contributed by atoms with Crippen LogP contribution in [0.5, 0.6) is 5.75 Å². The number of rotatable bonds is 2. The summed E-state index contributed by atoms with van der Waals surface area (Å²) in [7, 11) is 1.71. The normalized spacial score (nSPS) is 21.9. The molecule has 1 heterocycles. The van der Waals surface area contributed by atoms with Crippen molar-refractivity contribution in [3.63, 3.8) is 0 Å². The van der Waals surface area contributed by atoms with Crippen LogP contribution in [0.25, 0.3) is 0 Å². The van der Waals surface area contributed by atoms with Gasteiger partial charge in [0.2, 0.25) is 0 Å². The molecule has 1 N–H and O–H groups in total. The fourth-order valence-corrected chi connectivity index (χ4v) is 2.74. The summed E-state index contributed by atoms with van der Waals surface area (Å²) in [6.07, 6.45) is 0. The Morgan fingerprint density at radius 1 is 1.50 bits per heavy atom. The number of methoxy groups -OCH3 is 1. The lowest BCUT2D eigenvalue weighted by Gasteiger charge is -2.22. The third kappa shape index (κ3) is 2.22. The molecule has 0 saturated carbocycles. The van der Waals surface area contributed by atoms with Crippen molar-refractivity contribution in [1.29, 1.82) is 0 Å². The van der Waals surface area contributed by atoms with Crippen molar-refractivity contribution in [3.8, 4) is 5.75 Å². The van der Waals surface area contributed by atoms with Crippen LogP contribution in [0.1, 0.15) is 10.8 Å². The predicted octanol–water partition coefficient (Wildman–Crippen LogP) is 2.07. The van der Waals surface area contributed by atoms with E-state index in [0.717, 1.165) is 18.8 Å². The Bertz CT molecular complexity index is 297. The van der Waals surface area contributed by atoms with E-state index in [-0.39, 0.29) is 0 Å². The number of hydrogen-bond donors (Lipinski definition) is 1. The van der Waals surface area contributed by atoms with Crippen molar-refractivity contribution in [2.45, 2.75) is 5.25 Å². The Labute approximate surface area is 89.0 Å². The molecule has 14 heavy (non-hydrogen) atoms. The summed E-state index contributed by atoms with van der Waals surface area (Å²) >= 11 is 2.02. The summed E-state index contributed by atoms with van der Waals surface area (Å²) in [6.45, 7) is 2.20. The van der Waals surface area contributed by atoms with E-state index < -0.39 is 0 Å². The van der Waals surface area contributed by atoms with E-state index in [1.165, 1.54) is 11.3 Å². The first kappa shape index (κ1) is 9.87. The van der Waals surface area contributed by atoms with Crippen LogP contribution >= 0.6 is 11.8 Å². The van der Waals surface area contributed by atoms with E-state index >= 15 is 0 Å². The summed E-state index contributed by atoms with van der Waals surface area (Å²) in [4.78, 5) is 0. The molecule has 0 radical (unpaired) electrons. The molecule has 2 nitrogen and oxygen atoms in total. The maximum Gasteiger partial charge on any atom is 0.119 e. The molecule has 1 atom stereocenters. The second-order valence-corrected chi connectivity index (χ2v) is 4.65. The third-order valence-corrected chi connectivity index (χ3v) is 3.67. The highest BCUT2D eigenvalue weighted by molar-refractivity contribution is 7.99. The average Bonchev–Trinajstić information content (AvgIpc) is 2.30. The minimum absolute atomic E-state index is 0.582. The van der Waals surface area contributed by atoms with Crippen LogP contribution in [0.4, 0.5) is 0 Å². The van der Waals surface area contributed by atoms with Crippen LogP contribution in [0, 0.1) is 0 Å². The minimum Gasteiger partial charge on any atom is -0.497 e. The van der Waals surface area contributed by atoms with Crippen molar-refractivity contribution >= 4 is 11.8 Å². The van der Waals surface area contributed by atoms with E-state index in [1.54, 1.807) is 7.11 Å². The Kier molecular flexibility index (Phi) is 3.32. The largest absolute Gasteiger partial charge is 0.497 e. The summed E-state index contributed by atoms with van der Waals surface area (Å²) in [5, 5.41) is 3.99. The molecule has 1 aliphatic heterocycles. The van der Waals surface area contributed by atoms with Gasteiger partial charge in [-0.15, -0.1) is 0 Å². The molecule has 1 fully saturated rings. The molecule has 2 rings (SSSR count). The van der Waals surface area contributed by atoms with Crippen LogP contribution in [0.3, 0.4) is 0 Å². The number of nitrogens with one attached hydrogen (secondary N) is 1. The van der Waals surface area contributed by atoms with Crippen molar-refractivity contribution in [1.82, 2.24) is 5.32 Å². The second kappa shape index (κ2) is 4.71. The lowest BCUT2D eigenvalue weighted by Crippen LogP contribution is -2.28. The Morgan fingerprint density at radius 2 is 2.43 bits per heavy atom. The van der Waals surface area contributed by atoms with E-state index in [9.17, 15) is 0 Å². The fraction of sp³-hybridized carbons (Fsp3) is 0.455. The first-order chi connectivity index (χ1) is 6.90. The van der Waals surface area contributed by atoms with Gasteiger partial charge in [0.15, 0.2) is 0 Å². The molecule has 76 valence electrons. The quantitative estimate of drug-likeness (QED) is 0.805. The molecule has 1 aromatic carbocycles. The van der Waals surface area contributed by atoms with Crippen molar-refractivity contribution in [3.05, 3.63) is 29.8 Å². The molecule has 3 heteroatoms. The Balaban J connectivity index is 2.13. The van der Waals surface area contributed by atoms with E-state index in [0.29, 0.717) is 5.25 Å². The predicted molar refractivity (Wildman–Crippen MR) is 61.1 cm³/mol. The van der Waals surface area contributed by atoms with Gasteiger partial charge >= 0.3 is 0 Å². The van der Waals surface area contributed by atoms with Crippen molar-refractivity contribution in [2.24, 2.45) is 0 Å². The molecule has 1 saturated heterocycles. The van der Waals surface area contributed by atoms with E-state index in [2.05, 4.69) is 23.5 Å². The molecular formula is C11H15NOS. The monoisotopic (exact) mass is 209 g/mol. The van der Waals surface area contributed by atoms with Crippen LogP contribution in [0.15, 0.2) is 24.3 Å².